The van der Waals surface area contributed by atoms with Crippen molar-refractivity contribution in [3.05, 3.63) is 113 Å². The van der Waals surface area contributed by atoms with Crippen LogP contribution < -0.4 is 9.64 Å². The van der Waals surface area contributed by atoms with E-state index in [2.05, 4.69) is 10.1 Å². The molecular weight excluding hydrogens is 534 g/mol. The number of carbonyl (C=O) groups excluding carboxylic acids is 4. The zero-order chi connectivity index (χ0) is 32.7. The van der Waals surface area contributed by atoms with E-state index in [0.29, 0.717) is 16.5 Å². The highest BCUT2D eigenvalue weighted by atomic mass is 19.1. The Labute approximate surface area is 237 Å². The van der Waals surface area contributed by atoms with E-state index in [4.69, 9.17) is 18.4 Å². The molecular formula is C30H20F2N4O5. The van der Waals surface area contributed by atoms with Crippen LogP contribution in [0, 0.1) is 18.6 Å². The Bertz CT molecular complexity index is 1980. The Morgan fingerprint density at radius 3 is 2.34 bits per heavy atom. The second-order valence-electron chi connectivity index (χ2n) is 8.75. The minimum absolute atomic E-state index is 0.0440. The van der Waals surface area contributed by atoms with Crippen molar-refractivity contribution >= 4 is 34.7 Å². The molecule has 5 aromatic rings. The van der Waals surface area contributed by atoms with Crippen molar-refractivity contribution in [1.29, 1.82) is 0 Å². The molecule has 11 heteroatoms. The van der Waals surface area contributed by atoms with Gasteiger partial charge in [-0.25, -0.2) is 23.3 Å². The Morgan fingerprint density at radius 1 is 1.00 bits per heavy atom. The van der Waals surface area contributed by atoms with Gasteiger partial charge >= 0.3 is 6.15 Å². The summed E-state index contributed by atoms with van der Waals surface area (Å²) < 4.78 is 70.8. The van der Waals surface area contributed by atoms with E-state index in [0.717, 1.165) is 12.1 Å². The van der Waals surface area contributed by atoms with Gasteiger partial charge in [0.15, 0.2) is 17.4 Å². The number of carbonyl (C=O) groups is 2. The van der Waals surface area contributed by atoms with Crippen molar-refractivity contribution in [1.82, 2.24) is 14.8 Å². The number of hydrogen-bond donors (Lipinski definition) is 0. The van der Waals surface area contributed by atoms with Crippen LogP contribution in [0.2, 0.25) is 0 Å². The van der Waals surface area contributed by atoms with Gasteiger partial charge in [0.1, 0.15) is 17.4 Å². The molecule has 1 aliphatic rings. The van der Waals surface area contributed by atoms with E-state index in [9.17, 15) is 19.7 Å². The number of fused-ring (bicyclic) bond motifs is 2. The minimum Gasteiger partial charge on any atom is -0.482 e. The Balaban J connectivity index is 0.00000128. The zero-order valence-electron chi connectivity index (χ0n) is 25.1. The van der Waals surface area contributed by atoms with E-state index in [-0.39, 0.29) is 33.9 Å². The van der Waals surface area contributed by atoms with Crippen molar-refractivity contribution < 1.29 is 38.2 Å². The molecule has 0 saturated heterocycles. The first kappa shape index (κ1) is 22.3. The van der Waals surface area contributed by atoms with Gasteiger partial charge in [0.2, 0.25) is 0 Å². The number of hydrogen-bond acceptors (Lipinski definition) is 7. The molecule has 2 amide bonds. The molecule has 1 aliphatic heterocycles. The molecule has 1 unspecified atom stereocenters. The van der Waals surface area contributed by atoms with Gasteiger partial charge < -0.3 is 4.74 Å². The van der Waals surface area contributed by atoms with E-state index in [1.165, 1.54) is 29.1 Å². The minimum atomic E-state index is -3.18. The molecule has 0 saturated carbocycles. The molecule has 9 nitrogen and oxygen atoms in total. The molecule has 6 rings (SSSR count). The van der Waals surface area contributed by atoms with Crippen LogP contribution in [0.5, 0.6) is 5.75 Å². The fourth-order valence-corrected chi connectivity index (χ4v) is 4.41. The summed E-state index contributed by atoms with van der Waals surface area (Å²) in [7, 11) is 0. The summed E-state index contributed by atoms with van der Waals surface area (Å²) in [5, 5.41) is 4.02. The molecule has 0 N–H and O–H groups in total. The van der Waals surface area contributed by atoms with Gasteiger partial charge in [-0.2, -0.15) is 14.7 Å². The number of pyridine rings is 1. The number of imide groups is 1. The average molecular weight is 559 g/mol. The third-order valence-corrected chi connectivity index (χ3v) is 6.15. The summed E-state index contributed by atoms with van der Waals surface area (Å²) in [5.74, 6) is -4.73. The maximum absolute atomic E-state index is 14.9. The van der Waals surface area contributed by atoms with Crippen LogP contribution in [-0.2, 0) is 9.59 Å². The summed E-state index contributed by atoms with van der Waals surface area (Å²) in [5.41, 5.74) is 0.388. The standard InChI is InChI=1S/C29H20F2N4O3.CO2/c1-16-8-9-24(34-11-5-10-32-34)22(12-16)17(2)38-25-14-18-13-19(30)15-23(31)26(18)33-27(25)35-28(36)20-6-3-4-7-21(20)29(35)37;2-1-3/h3-15,17H,1-2H3;/i2D3,17D;. The largest absolute Gasteiger partial charge is 0.482 e. The van der Waals surface area contributed by atoms with Crippen LogP contribution in [0.15, 0.2) is 79.1 Å². The number of aryl methyl sites for hydroxylation is 1. The van der Waals surface area contributed by atoms with Crippen LogP contribution in [-0.4, -0.2) is 32.7 Å². The Kier molecular flexibility index (Phi) is 5.93. The zero-order valence-corrected chi connectivity index (χ0v) is 21.1. The van der Waals surface area contributed by atoms with Crippen molar-refractivity contribution in [2.45, 2.75) is 19.9 Å². The normalized spacial score (nSPS) is 15.4. The quantitative estimate of drug-likeness (QED) is 0.267. The molecule has 0 radical (unpaired) electrons. The van der Waals surface area contributed by atoms with E-state index >= 15 is 0 Å². The molecule has 0 spiro atoms. The molecule has 2 aromatic heterocycles. The highest BCUT2D eigenvalue weighted by Crippen LogP contribution is 2.39. The van der Waals surface area contributed by atoms with Crippen LogP contribution in [0.3, 0.4) is 0 Å². The maximum atomic E-state index is 14.9. The van der Waals surface area contributed by atoms with E-state index in [1.54, 1.807) is 43.5 Å². The van der Waals surface area contributed by atoms with Gasteiger partial charge in [0.25, 0.3) is 11.8 Å². The summed E-state index contributed by atoms with van der Waals surface area (Å²) in [6.45, 7) is -1.48. The molecule has 41 heavy (non-hydrogen) atoms. The second kappa shape index (κ2) is 10.9. The molecule has 3 aromatic carbocycles. The first-order chi connectivity index (χ1) is 21.3. The third kappa shape index (κ3) is 4.97. The number of halogens is 2. The van der Waals surface area contributed by atoms with E-state index in [1.807, 2.05) is 0 Å². The molecule has 0 fully saturated rings. The van der Waals surface area contributed by atoms with Crippen molar-refractivity contribution in [3.8, 4) is 11.4 Å². The van der Waals surface area contributed by atoms with Crippen molar-refractivity contribution in [2.24, 2.45) is 0 Å². The van der Waals surface area contributed by atoms with Crippen molar-refractivity contribution in [3.63, 3.8) is 0 Å². The van der Waals surface area contributed by atoms with Gasteiger partial charge in [-0.3, -0.25) is 9.59 Å². The maximum Gasteiger partial charge on any atom is 0.373 e. The van der Waals surface area contributed by atoms with Crippen LogP contribution in [0.4, 0.5) is 14.6 Å². The summed E-state index contributed by atoms with van der Waals surface area (Å²) in [4.78, 5) is 47.9. The molecule has 3 heterocycles. The summed E-state index contributed by atoms with van der Waals surface area (Å²) >= 11 is 0. The van der Waals surface area contributed by atoms with Gasteiger partial charge in [0, 0.05) is 33.5 Å². The predicted octanol–water partition coefficient (Wildman–Crippen LogP) is 5.36. The van der Waals surface area contributed by atoms with E-state index < -0.39 is 53.5 Å². The average Bonchev–Trinajstić information content (AvgIpc) is 3.60. The summed E-state index contributed by atoms with van der Waals surface area (Å²) in [6, 6.07) is 14.9. The van der Waals surface area contributed by atoms with Crippen LogP contribution in [0.1, 0.15) is 50.3 Å². The highest BCUT2D eigenvalue weighted by molar-refractivity contribution is 6.34. The van der Waals surface area contributed by atoms with Crippen LogP contribution in [0.25, 0.3) is 16.6 Å². The molecule has 0 bridgehead atoms. The molecule has 0 aliphatic carbocycles. The van der Waals surface area contributed by atoms with Gasteiger partial charge in [0.05, 0.1) is 18.2 Å². The number of aromatic nitrogens is 3. The molecule has 204 valence electrons. The topological polar surface area (TPSA) is 111 Å². The third-order valence-electron chi connectivity index (χ3n) is 6.15. The number of rotatable bonds is 5. The Hall–Kier alpha value is -5.54. The number of benzene rings is 3. The number of anilines is 1. The fraction of sp³-hybridized carbons (Fsp3) is 0.100. The highest BCUT2D eigenvalue weighted by Gasteiger charge is 2.39. The lowest BCUT2D eigenvalue weighted by Crippen LogP contribution is -2.31. The first-order valence-electron chi connectivity index (χ1n) is 13.9. The van der Waals surface area contributed by atoms with Crippen molar-refractivity contribution in [2.75, 3.05) is 4.90 Å². The predicted molar refractivity (Wildman–Crippen MR) is 142 cm³/mol. The molecule has 1 atom stereocenters. The Morgan fingerprint density at radius 2 is 1.71 bits per heavy atom. The SMILES string of the molecule is O=C=O.[2H]C([2H])([2H])C([2H])(Oc1cc2cc(F)cc(F)c2nc1N1C(=O)c2ccccc2C1=O)c1cc(C)ccc1-n1cccn1. The second-order valence-corrected chi connectivity index (χ2v) is 8.75. The van der Waals surface area contributed by atoms with Crippen LogP contribution >= 0.6 is 0 Å². The lowest BCUT2D eigenvalue weighted by atomic mass is 10.0. The van der Waals surface area contributed by atoms with Gasteiger partial charge in [-0.05, 0) is 50.2 Å². The van der Waals surface area contributed by atoms with Gasteiger partial charge in [-0.1, -0.05) is 29.8 Å². The number of nitrogens with zero attached hydrogens (tertiary/aromatic N) is 4. The first-order valence-corrected chi connectivity index (χ1v) is 11.9. The van der Waals surface area contributed by atoms with Gasteiger partial charge in [-0.15, -0.1) is 0 Å². The number of ether oxygens (including phenoxy) is 1. The fourth-order valence-electron chi connectivity index (χ4n) is 4.41. The smallest absolute Gasteiger partial charge is 0.373 e. The lowest BCUT2D eigenvalue weighted by molar-refractivity contribution is -0.191. The summed E-state index contributed by atoms with van der Waals surface area (Å²) in [6.07, 6.45) is 0.401. The monoisotopic (exact) mass is 558 g/mol. The number of amides is 2. The lowest BCUT2D eigenvalue weighted by Gasteiger charge is -2.23.